The first kappa shape index (κ1) is 23.3. The van der Waals surface area contributed by atoms with E-state index in [4.69, 9.17) is 4.74 Å². The largest absolute Gasteiger partial charge is 0.497 e. The first-order valence-electron chi connectivity index (χ1n) is 11.2. The summed E-state index contributed by atoms with van der Waals surface area (Å²) in [6.45, 7) is 3.37. The lowest BCUT2D eigenvalue weighted by molar-refractivity contribution is -0.114. The smallest absolute Gasteiger partial charge is 0.257 e. The zero-order valence-corrected chi connectivity index (χ0v) is 20.7. The number of ether oxygens (including phenoxy) is 1. The highest BCUT2D eigenvalue weighted by atomic mass is 32.1. The highest BCUT2D eigenvalue weighted by molar-refractivity contribution is 7.22. The van der Waals surface area contributed by atoms with E-state index < -0.39 is 0 Å². The minimum absolute atomic E-state index is 0.196. The van der Waals surface area contributed by atoms with Crippen molar-refractivity contribution >= 4 is 44.3 Å². The summed E-state index contributed by atoms with van der Waals surface area (Å²) in [5.74, 6) is 0.852. The molecule has 0 saturated heterocycles. The van der Waals surface area contributed by atoms with E-state index >= 15 is 0 Å². The molecule has 0 radical (unpaired) electrons. The maximum Gasteiger partial charge on any atom is 0.257 e. The van der Waals surface area contributed by atoms with Gasteiger partial charge >= 0.3 is 0 Å². The van der Waals surface area contributed by atoms with Crippen LogP contribution in [0.5, 0.6) is 5.75 Å². The van der Waals surface area contributed by atoms with E-state index in [2.05, 4.69) is 20.7 Å². The highest BCUT2D eigenvalue weighted by Gasteiger charge is 2.19. The first-order valence-corrected chi connectivity index (χ1v) is 12.0. The van der Waals surface area contributed by atoms with Gasteiger partial charge in [-0.15, -0.1) is 0 Å². The molecule has 0 saturated carbocycles. The molecule has 5 aromatic rings. The fourth-order valence-corrected chi connectivity index (χ4v) is 4.84. The van der Waals surface area contributed by atoms with Gasteiger partial charge in [0.25, 0.3) is 5.91 Å². The second-order valence-electron chi connectivity index (χ2n) is 8.12. The number of nitrogens with one attached hydrogen (secondary N) is 2. The van der Waals surface area contributed by atoms with Crippen LogP contribution < -0.4 is 15.4 Å². The summed E-state index contributed by atoms with van der Waals surface area (Å²) >= 11 is 1.38. The second-order valence-corrected chi connectivity index (χ2v) is 9.15. The molecule has 3 aromatic carbocycles. The quantitative estimate of drug-likeness (QED) is 0.315. The molecule has 0 spiro atoms. The van der Waals surface area contributed by atoms with Crippen molar-refractivity contribution in [1.82, 2.24) is 14.8 Å². The molecule has 9 heteroatoms. The third kappa shape index (κ3) is 4.56. The van der Waals surface area contributed by atoms with Crippen LogP contribution in [0.1, 0.15) is 23.0 Å². The molecule has 0 aliphatic carbocycles. The van der Waals surface area contributed by atoms with Crippen molar-refractivity contribution in [3.05, 3.63) is 84.1 Å². The molecule has 8 nitrogen and oxygen atoms in total. The molecule has 2 heterocycles. The Morgan fingerprint density at radius 2 is 1.72 bits per heavy atom. The van der Waals surface area contributed by atoms with Gasteiger partial charge in [-0.3, -0.25) is 14.9 Å². The van der Waals surface area contributed by atoms with Gasteiger partial charge in [0.05, 0.1) is 28.7 Å². The van der Waals surface area contributed by atoms with Crippen molar-refractivity contribution in [2.24, 2.45) is 0 Å². The monoisotopic (exact) mass is 497 g/mol. The molecule has 36 heavy (non-hydrogen) atoms. The van der Waals surface area contributed by atoms with Crippen LogP contribution in [0.2, 0.25) is 0 Å². The van der Waals surface area contributed by atoms with Gasteiger partial charge in [0.2, 0.25) is 5.91 Å². The lowest BCUT2D eigenvalue weighted by Crippen LogP contribution is -2.13. The Morgan fingerprint density at radius 3 is 2.42 bits per heavy atom. The van der Waals surface area contributed by atoms with Gasteiger partial charge in [-0.2, -0.15) is 5.10 Å². The number of hydrogen-bond acceptors (Lipinski definition) is 6. The molecule has 0 bridgehead atoms. The molecule has 2 N–H and O–H groups in total. The van der Waals surface area contributed by atoms with E-state index in [1.54, 1.807) is 36.1 Å². The first-order chi connectivity index (χ1) is 17.4. The molecule has 0 aliphatic heterocycles. The Bertz CT molecular complexity index is 1570. The van der Waals surface area contributed by atoms with Gasteiger partial charge in [-0.1, -0.05) is 41.7 Å². The van der Waals surface area contributed by atoms with Crippen LogP contribution >= 0.6 is 11.3 Å². The molecular formula is C27H23N5O3S. The minimum atomic E-state index is -0.267. The highest BCUT2D eigenvalue weighted by Crippen LogP contribution is 2.34. The molecule has 0 fully saturated rings. The molecule has 180 valence electrons. The third-order valence-electron chi connectivity index (χ3n) is 5.61. The van der Waals surface area contributed by atoms with Crippen molar-refractivity contribution < 1.29 is 14.3 Å². The standard InChI is InChI=1S/C27H23N5O3S/c1-16-24(18-7-5-4-6-8-18)25(28-17(2)33)32(31-16)20-11-9-19(10-12-20)26(34)30-27-29-22-14-13-21(35-3)15-23(22)36-27/h4-15H,1-3H3,(H,28,33)(H,29,30,34). The third-order valence-corrected chi connectivity index (χ3v) is 6.54. The van der Waals surface area contributed by atoms with Gasteiger partial charge in [-0.05, 0) is 55.0 Å². The number of aromatic nitrogens is 3. The number of fused-ring (bicyclic) bond motifs is 1. The fraction of sp³-hybridized carbons (Fsp3) is 0.111. The van der Waals surface area contributed by atoms with E-state index in [0.717, 1.165) is 32.8 Å². The maximum atomic E-state index is 12.9. The number of aryl methyl sites for hydroxylation is 1. The van der Waals surface area contributed by atoms with Crippen LogP contribution in [-0.2, 0) is 4.79 Å². The van der Waals surface area contributed by atoms with Crippen molar-refractivity contribution in [2.45, 2.75) is 13.8 Å². The van der Waals surface area contributed by atoms with Gasteiger partial charge in [0.15, 0.2) is 5.13 Å². The summed E-state index contributed by atoms with van der Waals surface area (Å²) in [4.78, 5) is 29.3. The fourth-order valence-electron chi connectivity index (χ4n) is 3.96. The van der Waals surface area contributed by atoms with Crippen LogP contribution in [0, 0.1) is 6.92 Å². The van der Waals surface area contributed by atoms with Crippen LogP contribution in [0.15, 0.2) is 72.8 Å². The summed E-state index contributed by atoms with van der Waals surface area (Å²) in [5, 5.41) is 11.0. The Hall–Kier alpha value is -4.50. The lowest BCUT2D eigenvalue weighted by Gasteiger charge is -2.11. The summed E-state index contributed by atoms with van der Waals surface area (Å²) < 4.78 is 7.86. The molecule has 2 aromatic heterocycles. The predicted molar refractivity (Wildman–Crippen MR) is 142 cm³/mol. The van der Waals surface area contributed by atoms with E-state index in [1.165, 1.54) is 18.3 Å². The van der Waals surface area contributed by atoms with Crippen LogP contribution in [0.25, 0.3) is 27.0 Å². The molecular weight excluding hydrogens is 474 g/mol. The summed E-state index contributed by atoms with van der Waals surface area (Å²) in [7, 11) is 1.61. The molecule has 0 atom stereocenters. The van der Waals surface area contributed by atoms with Gasteiger partial charge in [0.1, 0.15) is 11.6 Å². The Morgan fingerprint density at radius 1 is 0.972 bits per heavy atom. The minimum Gasteiger partial charge on any atom is -0.497 e. The molecule has 2 amide bonds. The van der Waals surface area contributed by atoms with Crippen molar-refractivity contribution in [3.8, 4) is 22.6 Å². The van der Waals surface area contributed by atoms with E-state index in [9.17, 15) is 9.59 Å². The van der Waals surface area contributed by atoms with Gasteiger partial charge in [0, 0.05) is 18.1 Å². The van der Waals surface area contributed by atoms with E-state index in [-0.39, 0.29) is 11.8 Å². The molecule has 0 aliphatic rings. The lowest BCUT2D eigenvalue weighted by atomic mass is 10.1. The number of carbonyl (C=O) groups is 2. The van der Waals surface area contributed by atoms with Crippen LogP contribution in [-0.4, -0.2) is 33.7 Å². The second kappa shape index (κ2) is 9.63. The number of benzene rings is 3. The van der Waals surface area contributed by atoms with Crippen molar-refractivity contribution in [3.63, 3.8) is 0 Å². The van der Waals surface area contributed by atoms with Gasteiger partial charge in [-0.25, -0.2) is 9.67 Å². The number of carbonyl (C=O) groups excluding carboxylic acids is 2. The number of nitrogens with zero attached hydrogens (tertiary/aromatic N) is 3. The number of rotatable bonds is 6. The zero-order chi connectivity index (χ0) is 25.2. The summed E-state index contributed by atoms with van der Waals surface area (Å²) in [5.41, 5.74) is 4.56. The van der Waals surface area contributed by atoms with Crippen molar-refractivity contribution in [2.75, 3.05) is 17.7 Å². The van der Waals surface area contributed by atoms with Crippen molar-refractivity contribution in [1.29, 1.82) is 0 Å². The van der Waals surface area contributed by atoms with E-state index in [0.29, 0.717) is 22.2 Å². The zero-order valence-electron chi connectivity index (χ0n) is 19.9. The SMILES string of the molecule is COc1ccc2nc(NC(=O)c3ccc(-n4nc(C)c(-c5ccccc5)c4NC(C)=O)cc3)sc2c1. The Kier molecular flexibility index (Phi) is 6.22. The molecule has 5 rings (SSSR count). The van der Waals surface area contributed by atoms with Crippen LogP contribution in [0.3, 0.4) is 0 Å². The van der Waals surface area contributed by atoms with Crippen LogP contribution in [0.4, 0.5) is 10.9 Å². The van der Waals surface area contributed by atoms with E-state index in [1.807, 2.05) is 55.5 Å². The Balaban J connectivity index is 1.42. The number of amides is 2. The number of methoxy groups -OCH3 is 1. The maximum absolute atomic E-state index is 12.9. The predicted octanol–water partition coefficient (Wildman–Crippen LogP) is 5.68. The average molecular weight is 498 g/mol. The molecule has 0 unspecified atom stereocenters. The normalized spacial score (nSPS) is 10.9. The van der Waals surface area contributed by atoms with Gasteiger partial charge < -0.3 is 10.1 Å². The Labute approximate surface area is 211 Å². The topological polar surface area (TPSA) is 98.1 Å². The average Bonchev–Trinajstić information content (AvgIpc) is 3.43. The number of anilines is 2. The summed E-state index contributed by atoms with van der Waals surface area (Å²) in [6, 6.07) is 22.4. The number of thiazole rings is 1. The number of hydrogen-bond donors (Lipinski definition) is 2. The summed E-state index contributed by atoms with van der Waals surface area (Å²) in [6.07, 6.45) is 0.